The van der Waals surface area contributed by atoms with Crippen molar-refractivity contribution in [2.75, 3.05) is 70.9 Å². The first-order chi connectivity index (χ1) is 19.2. The van der Waals surface area contributed by atoms with Crippen LogP contribution in [0.25, 0.3) is 0 Å². The monoisotopic (exact) mass is 558 g/mol. The highest BCUT2D eigenvalue weighted by atomic mass is 16.6. The van der Waals surface area contributed by atoms with Gasteiger partial charge in [-0.3, -0.25) is 29.2 Å². The third-order valence-electron chi connectivity index (χ3n) is 7.86. The van der Waals surface area contributed by atoms with Crippen LogP contribution in [0.1, 0.15) is 38.2 Å². The van der Waals surface area contributed by atoms with Gasteiger partial charge < -0.3 is 20.3 Å². The average molecular weight is 559 g/mol. The summed E-state index contributed by atoms with van der Waals surface area (Å²) in [6.07, 6.45) is 2.00. The van der Waals surface area contributed by atoms with Crippen molar-refractivity contribution in [2.24, 2.45) is 16.6 Å². The largest absolute Gasteiger partial charge is 0.481 e. The molecule has 0 bridgehead atoms. The SMILES string of the molecule is CCCCOC(=O)CN1CCN(CC2CN(c3ccc(C(N)=NC4CC(C(=O)O)CCN4C)cc3)C(=O)O2)CC1. The van der Waals surface area contributed by atoms with Gasteiger partial charge >= 0.3 is 18.0 Å². The molecule has 4 rings (SSSR count). The summed E-state index contributed by atoms with van der Waals surface area (Å²) >= 11 is 0. The molecule has 12 nitrogen and oxygen atoms in total. The number of carboxylic acid groups (broad SMARTS) is 1. The number of cyclic esters (lactones) is 1. The number of hydrogen-bond acceptors (Lipinski definition) is 9. The van der Waals surface area contributed by atoms with Gasteiger partial charge in [0.25, 0.3) is 0 Å². The number of unbranched alkanes of at least 4 members (excludes halogenated alkanes) is 1. The van der Waals surface area contributed by atoms with Gasteiger partial charge in [-0.15, -0.1) is 0 Å². The molecule has 40 heavy (non-hydrogen) atoms. The Bertz CT molecular complexity index is 1060. The number of carboxylic acids is 1. The molecule has 3 unspecified atom stereocenters. The van der Waals surface area contributed by atoms with E-state index in [0.717, 1.165) is 44.7 Å². The number of rotatable bonds is 11. The minimum absolute atomic E-state index is 0.172. The number of anilines is 1. The molecule has 1 amide bonds. The number of aliphatic imine (C=N–C) groups is 1. The zero-order valence-electron chi connectivity index (χ0n) is 23.5. The number of amides is 1. The Morgan fingerprint density at radius 2 is 1.82 bits per heavy atom. The van der Waals surface area contributed by atoms with Crippen molar-refractivity contribution in [1.82, 2.24) is 14.7 Å². The molecular weight excluding hydrogens is 516 g/mol. The van der Waals surface area contributed by atoms with Crippen LogP contribution in [-0.2, 0) is 19.1 Å². The van der Waals surface area contributed by atoms with E-state index in [4.69, 9.17) is 15.2 Å². The molecule has 3 atom stereocenters. The topological polar surface area (TPSA) is 141 Å². The summed E-state index contributed by atoms with van der Waals surface area (Å²) in [6.45, 7) is 7.74. The van der Waals surface area contributed by atoms with Crippen LogP contribution < -0.4 is 10.6 Å². The highest BCUT2D eigenvalue weighted by Gasteiger charge is 2.34. The predicted molar refractivity (Wildman–Crippen MR) is 150 cm³/mol. The molecule has 12 heteroatoms. The number of carbonyl (C=O) groups excluding carboxylic acids is 2. The van der Waals surface area contributed by atoms with Gasteiger partial charge in [-0.25, -0.2) is 9.79 Å². The standard InChI is InChI=1S/C28H42N6O6/c1-3-4-15-39-25(35)19-33-13-11-32(12-14-33)17-23-18-34(28(38)40-23)22-7-5-20(6-8-22)26(29)30-24-16-21(27(36)37)9-10-31(24)2/h5-8,21,23-24H,3-4,9-19H2,1-2H3,(H2,29,30)(H,36,37). The molecule has 3 saturated heterocycles. The molecule has 3 aliphatic rings. The summed E-state index contributed by atoms with van der Waals surface area (Å²) in [7, 11) is 1.92. The number of nitrogens with two attached hydrogens (primary N) is 1. The lowest BCUT2D eigenvalue weighted by Crippen LogP contribution is -2.50. The maximum atomic E-state index is 12.6. The van der Waals surface area contributed by atoms with Gasteiger partial charge in [0.2, 0.25) is 0 Å². The minimum atomic E-state index is -0.797. The number of piperazine rings is 1. The molecule has 220 valence electrons. The van der Waals surface area contributed by atoms with Crippen molar-refractivity contribution in [3.8, 4) is 0 Å². The van der Waals surface area contributed by atoms with Crippen molar-refractivity contribution in [1.29, 1.82) is 0 Å². The van der Waals surface area contributed by atoms with Gasteiger partial charge in [-0.2, -0.15) is 0 Å². The molecule has 0 radical (unpaired) electrons. The Balaban J connectivity index is 1.25. The van der Waals surface area contributed by atoms with Crippen LogP contribution in [-0.4, -0.2) is 122 Å². The quantitative estimate of drug-likeness (QED) is 0.177. The number of esters is 1. The Kier molecular flexibility index (Phi) is 10.3. The molecule has 3 aliphatic heterocycles. The van der Waals surface area contributed by atoms with E-state index < -0.39 is 11.9 Å². The number of aliphatic carboxylic acids is 1. The fraction of sp³-hybridized carbons (Fsp3) is 0.643. The molecule has 3 heterocycles. The number of ether oxygens (including phenoxy) is 2. The molecule has 0 aromatic heterocycles. The van der Waals surface area contributed by atoms with Gasteiger partial charge in [0, 0.05) is 50.5 Å². The van der Waals surface area contributed by atoms with E-state index in [-0.39, 0.29) is 24.3 Å². The second-order valence-corrected chi connectivity index (χ2v) is 10.8. The number of hydrogen-bond donors (Lipinski definition) is 2. The Labute approximate surface area is 235 Å². The summed E-state index contributed by atoms with van der Waals surface area (Å²) < 4.78 is 10.9. The number of benzene rings is 1. The van der Waals surface area contributed by atoms with E-state index in [1.807, 2.05) is 36.2 Å². The molecular formula is C28H42N6O6. The zero-order chi connectivity index (χ0) is 28.6. The first kappa shape index (κ1) is 29.8. The maximum Gasteiger partial charge on any atom is 0.414 e. The Hall–Kier alpha value is -3.22. The van der Waals surface area contributed by atoms with E-state index in [1.54, 1.807) is 4.90 Å². The van der Waals surface area contributed by atoms with Gasteiger partial charge in [0.15, 0.2) is 0 Å². The van der Waals surface area contributed by atoms with Crippen molar-refractivity contribution in [3.05, 3.63) is 29.8 Å². The normalized spacial score (nSPS) is 25.1. The fourth-order valence-electron chi connectivity index (χ4n) is 5.29. The lowest BCUT2D eigenvalue weighted by atomic mass is 9.95. The van der Waals surface area contributed by atoms with Gasteiger partial charge in [-0.1, -0.05) is 13.3 Å². The zero-order valence-corrected chi connectivity index (χ0v) is 23.5. The van der Waals surface area contributed by atoms with Gasteiger partial charge in [0.1, 0.15) is 18.1 Å². The molecule has 0 aliphatic carbocycles. The predicted octanol–water partition coefficient (Wildman–Crippen LogP) is 1.43. The lowest BCUT2D eigenvalue weighted by molar-refractivity contribution is -0.146. The van der Waals surface area contributed by atoms with Crippen molar-refractivity contribution in [2.45, 2.75) is 44.9 Å². The van der Waals surface area contributed by atoms with Crippen LogP contribution >= 0.6 is 0 Å². The summed E-state index contributed by atoms with van der Waals surface area (Å²) in [4.78, 5) is 48.6. The molecule has 1 aromatic carbocycles. The van der Waals surface area contributed by atoms with E-state index in [0.29, 0.717) is 57.0 Å². The molecule has 1 aromatic rings. The highest BCUT2D eigenvalue weighted by molar-refractivity contribution is 5.98. The van der Waals surface area contributed by atoms with E-state index in [1.165, 1.54) is 0 Å². The summed E-state index contributed by atoms with van der Waals surface area (Å²) in [6, 6.07) is 7.28. The molecule has 3 N–H and O–H groups in total. The van der Waals surface area contributed by atoms with Crippen LogP contribution in [0.4, 0.5) is 10.5 Å². The first-order valence-corrected chi connectivity index (χ1v) is 14.2. The summed E-state index contributed by atoms with van der Waals surface area (Å²) in [5.74, 6) is -1.05. The van der Waals surface area contributed by atoms with Gasteiger partial charge in [0.05, 0.1) is 25.6 Å². The van der Waals surface area contributed by atoms with Crippen molar-refractivity contribution in [3.63, 3.8) is 0 Å². The van der Waals surface area contributed by atoms with Crippen LogP contribution in [0, 0.1) is 5.92 Å². The van der Waals surface area contributed by atoms with Crippen molar-refractivity contribution < 1.29 is 29.0 Å². The van der Waals surface area contributed by atoms with E-state index in [2.05, 4.69) is 21.7 Å². The lowest BCUT2D eigenvalue weighted by Gasteiger charge is -2.34. The van der Waals surface area contributed by atoms with Crippen LogP contribution in [0.5, 0.6) is 0 Å². The number of nitrogens with zero attached hydrogens (tertiary/aromatic N) is 5. The number of amidine groups is 1. The second-order valence-electron chi connectivity index (χ2n) is 10.8. The number of piperidine rings is 1. The molecule has 0 saturated carbocycles. The smallest absolute Gasteiger partial charge is 0.414 e. The average Bonchev–Trinajstić information content (AvgIpc) is 3.30. The Morgan fingerprint density at radius 1 is 1.12 bits per heavy atom. The number of carbonyl (C=O) groups is 3. The third kappa shape index (κ3) is 7.92. The van der Waals surface area contributed by atoms with Crippen LogP contribution in [0.3, 0.4) is 0 Å². The third-order valence-corrected chi connectivity index (χ3v) is 7.86. The minimum Gasteiger partial charge on any atom is -0.481 e. The van der Waals surface area contributed by atoms with E-state index in [9.17, 15) is 19.5 Å². The number of likely N-dealkylation sites (tertiary alicyclic amines) is 1. The van der Waals surface area contributed by atoms with E-state index >= 15 is 0 Å². The molecule has 0 spiro atoms. The maximum absolute atomic E-state index is 12.6. The van der Waals surface area contributed by atoms with Crippen LogP contribution in [0.15, 0.2) is 29.3 Å². The first-order valence-electron chi connectivity index (χ1n) is 14.2. The highest BCUT2D eigenvalue weighted by Crippen LogP contribution is 2.25. The fourth-order valence-corrected chi connectivity index (χ4v) is 5.29. The van der Waals surface area contributed by atoms with Gasteiger partial charge in [-0.05, 0) is 50.6 Å². The summed E-state index contributed by atoms with van der Waals surface area (Å²) in [5.41, 5.74) is 7.70. The van der Waals surface area contributed by atoms with Crippen LogP contribution in [0.2, 0.25) is 0 Å². The molecule has 3 fully saturated rings. The summed E-state index contributed by atoms with van der Waals surface area (Å²) in [5, 5.41) is 9.37. The van der Waals surface area contributed by atoms with Crippen molar-refractivity contribution >= 4 is 29.6 Å². The second kappa shape index (κ2) is 13.9. The Morgan fingerprint density at radius 3 is 2.50 bits per heavy atom.